The number of hydrogen-bond acceptors (Lipinski definition) is 3. The fourth-order valence-corrected chi connectivity index (χ4v) is 3.42. The molecule has 20 heavy (non-hydrogen) atoms. The molecule has 2 aromatic rings. The SMILES string of the molecule is CCN1CCCC1Cc1nc2cccnc2n1C(C)C. The Bertz CT molecular complexity index is 587. The predicted molar refractivity (Wildman–Crippen MR) is 81.9 cm³/mol. The Morgan fingerprint density at radius 1 is 1.40 bits per heavy atom. The summed E-state index contributed by atoms with van der Waals surface area (Å²) >= 11 is 0. The predicted octanol–water partition coefficient (Wildman–Crippen LogP) is 3.04. The van der Waals surface area contributed by atoms with Gasteiger partial charge >= 0.3 is 0 Å². The maximum atomic E-state index is 4.84. The minimum absolute atomic E-state index is 0.404. The van der Waals surface area contributed by atoms with Crippen molar-refractivity contribution in [1.82, 2.24) is 19.4 Å². The van der Waals surface area contributed by atoms with Crippen LogP contribution in [0.25, 0.3) is 11.2 Å². The van der Waals surface area contributed by atoms with Gasteiger partial charge in [0.2, 0.25) is 0 Å². The zero-order valence-electron chi connectivity index (χ0n) is 12.7. The second-order valence-electron chi connectivity index (χ2n) is 5.97. The van der Waals surface area contributed by atoms with Crippen LogP contribution in [0.3, 0.4) is 0 Å². The Hall–Kier alpha value is -1.42. The van der Waals surface area contributed by atoms with Crippen LogP contribution in [0, 0.1) is 0 Å². The standard InChI is InChI=1S/C16H24N4/c1-4-19-10-6-7-13(19)11-15-18-14-8-5-9-17-16(14)20(15)12(2)3/h5,8-9,12-13H,4,6-7,10-11H2,1-3H3. The van der Waals surface area contributed by atoms with E-state index in [1.165, 1.54) is 25.2 Å². The summed E-state index contributed by atoms with van der Waals surface area (Å²) in [5.74, 6) is 1.19. The number of likely N-dealkylation sites (N-methyl/N-ethyl adjacent to an activating group) is 1. The number of imidazole rings is 1. The van der Waals surface area contributed by atoms with Gasteiger partial charge in [-0.3, -0.25) is 0 Å². The van der Waals surface area contributed by atoms with Crippen LogP contribution in [-0.4, -0.2) is 38.6 Å². The number of hydrogen-bond donors (Lipinski definition) is 0. The molecule has 1 saturated heterocycles. The molecule has 0 radical (unpaired) electrons. The van der Waals surface area contributed by atoms with Gasteiger partial charge in [-0.1, -0.05) is 6.92 Å². The van der Waals surface area contributed by atoms with Crippen molar-refractivity contribution in [3.63, 3.8) is 0 Å². The largest absolute Gasteiger partial charge is 0.310 e. The first-order valence-electron chi connectivity index (χ1n) is 7.76. The molecule has 1 unspecified atom stereocenters. The molecule has 3 rings (SSSR count). The molecular formula is C16H24N4. The molecule has 1 fully saturated rings. The van der Waals surface area contributed by atoms with E-state index in [0.717, 1.165) is 24.1 Å². The second kappa shape index (κ2) is 5.52. The van der Waals surface area contributed by atoms with Gasteiger partial charge in [-0.05, 0) is 51.9 Å². The third-order valence-corrected chi connectivity index (χ3v) is 4.36. The molecule has 3 heterocycles. The fraction of sp³-hybridized carbons (Fsp3) is 0.625. The summed E-state index contributed by atoms with van der Waals surface area (Å²) in [5, 5.41) is 0. The van der Waals surface area contributed by atoms with Crippen molar-refractivity contribution >= 4 is 11.2 Å². The highest BCUT2D eigenvalue weighted by Gasteiger charge is 2.26. The normalized spacial score (nSPS) is 20.3. The van der Waals surface area contributed by atoms with E-state index in [0.29, 0.717) is 12.1 Å². The fourth-order valence-electron chi connectivity index (χ4n) is 3.42. The topological polar surface area (TPSA) is 34.0 Å². The van der Waals surface area contributed by atoms with E-state index in [4.69, 9.17) is 4.98 Å². The monoisotopic (exact) mass is 272 g/mol. The average Bonchev–Trinajstić information content (AvgIpc) is 3.02. The van der Waals surface area contributed by atoms with Crippen LogP contribution in [0.15, 0.2) is 18.3 Å². The van der Waals surface area contributed by atoms with Gasteiger partial charge in [0.15, 0.2) is 5.65 Å². The van der Waals surface area contributed by atoms with Crippen LogP contribution in [0.4, 0.5) is 0 Å². The molecule has 0 spiro atoms. The number of likely N-dealkylation sites (tertiary alicyclic amines) is 1. The average molecular weight is 272 g/mol. The number of aromatic nitrogens is 3. The lowest BCUT2D eigenvalue weighted by atomic mass is 10.1. The summed E-state index contributed by atoms with van der Waals surface area (Å²) in [6.07, 6.45) is 5.52. The number of nitrogens with zero attached hydrogens (tertiary/aromatic N) is 4. The van der Waals surface area contributed by atoms with Crippen molar-refractivity contribution in [2.75, 3.05) is 13.1 Å². The van der Waals surface area contributed by atoms with E-state index in [1.807, 2.05) is 12.3 Å². The zero-order chi connectivity index (χ0) is 14.1. The van der Waals surface area contributed by atoms with Crippen LogP contribution in [-0.2, 0) is 6.42 Å². The highest BCUT2D eigenvalue weighted by Crippen LogP contribution is 2.24. The highest BCUT2D eigenvalue weighted by molar-refractivity contribution is 5.71. The van der Waals surface area contributed by atoms with Crippen molar-refractivity contribution < 1.29 is 0 Å². The third kappa shape index (κ3) is 2.33. The van der Waals surface area contributed by atoms with Crippen LogP contribution in [0.1, 0.15) is 45.5 Å². The Morgan fingerprint density at radius 2 is 2.25 bits per heavy atom. The molecule has 2 aromatic heterocycles. The minimum atomic E-state index is 0.404. The summed E-state index contributed by atoms with van der Waals surface area (Å²) in [7, 11) is 0. The molecule has 108 valence electrons. The van der Waals surface area contributed by atoms with Gasteiger partial charge in [0.05, 0.1) is 0 Å². The van der Waals surface area contributed by atoms with E-state index in [1.54, 1.807) is 0 Å². The second-order valence-corrected chi connectivity index (χ2v) is 5.97. The quantitative estimate of drug-likeness (QED) is 0.858. The molecular weight excluding hydrogens is 248 g/mol. The van der Waals surface area contributed by atoms with E-state index in [-0.39, 0.29) is 0 Å². The Labute approximate surface area is 120 Å². The molecule has 1 aliphatic rings. The molecule has 0 amide bonds. The van der Waals surface area contributed by atoms with Crippen LogP contribution in [0.5, 0.6) is 0 Å². The highest BCUT2D eigenvalue weighted by atomic mass is 15.2. The van der Waals surface area contributed by atoms with Gasteiger partial charge in [0.25, 0.3) is 0 Å². The smallest absolute Gasteiger partial charge is 0.160 e. The summed E-state index contributed by atoms with van der Waals surface area (Å²) in [6.45, 7) is 9.06. The zero-order valence-corrected chi connectivity index (χ0v) is 12.7. The number of fused-ring (bicyclic) bond motifs is 1. The Kier molecular flexibility index (Phi) is 3.74. The van der Waals surface area contributed by atoms with Crippen molar-refractivity contribution in [3.05, 3.63) is 24.2 Å². The molecule has 4 nitrogen and oxygen atoms in total. The molecule has 0 N–H and O–H groups in total. The van der Waals surface area contributed by atoms with E-state index >= 15 is 0 Å². The van der Waals surface area contributed by atoms with Crippen LogP contribution < -0.4 is 0 Å². The first-order chi connectivity index (χ1) is 9.70. The molecule has 1 atom stereocenters. The Morgan fingerprint density at radius 3 is 3.00 bits per heavy atom. The van der Waals surface area contributed by atoms with Crippen LogP contribution >= 0.6 is 0 Å². The number of pyridine rings is 1. The van der Waals surface area contributed by atoms with E-state index in [9.17, 15) is 0 Å². The maximum absolute atomic E-state index is 4.84. The lowest BCUT2D eigenvalue weighted by Crippen LogP contribution is -2.31. The first-order valence-corrected chi connectivity index (χ1v) is 7.76. The van der Waals surface area contributed by atoms with Crippen LogP contribution in [0.2, 0.25) is 0 Å². The molecule has 0 aromatic carbocycles. The van der Waals surface area contributed by atoms with Gasteiger partial charge in [-0.15, -0.1) is 0 Å². The summed E-state index contributed by atoms with van der Waals surface area (Å²) < 4.78 is 2.31. The summed E-state index contributed by atoms with van der Waals surface area (Å²) in [6, 6.07) is 5.09. The van der Waals surface area contributed by atoms with Gasteiger partial charge < -0.3 is 9.47 Å². The summed E-state index contributed by atoms with van der Waals surface area (Å²) in [4.78, 5) is 11.9. The van der Waals surface area contributed by atoms with Gasteiger partial charge in [-0.2, -0.15) is 0 Å². The third-order valence-electron chi connectivity index (χ3n) is 4.36. The lowest BCUT2D eigenvalue weighted by Gasteiger charge is -2.23. The molecule has 0 bridgehead atoms. The van der Waals surface area contributed by atoms with E-state index in [2.05, 4.69) is 41.3 Å². The van der Waals surface area contributed by atoms with Crippen molar-refractivity contribution in [2.24, 2.45) is 0 Å². The molecule has 0 aliphatic carbocycles. The van der Waals surface area contributed by atoms with E-state index < -0.39 is 0 Å². The first kappa shape index (κ1) is 13.6. The van der Waals surface area contributed by atoms with Gasteiger partial charge in [-0.25, -0.2) is 9.97 Å². The van der Waals surface area contributed by atoms with Crippen molar-refractivity contribution in [3.8, 4) is 0 Å². The minimum Gasteiger partial charge on any atom is -0.310 e. The van der Waals surface area contributed by atoms with Gasteiger partial charge in [0, 0.05) is 24.7 Å². The van der Waals surface area contributed by atoms with Gasteiger partial charge in [0.1, 0.15) is 11.3 Å². The Balaban J connectivity index is 1.96. The molecule has 1 aliphatic heterocycles. The maximum Gasteiger partial charge on any atom is 0.160 e. The molecule has 0 saturated carbocycles. The lowest BCUT2D eigenvalue weighted by molar-refractivity contribution is 0.261. The molecule has 4 heteroatoms. The summed E-state index contributed by atoms with van der Waals surface area (Å²) in [5.41, 5.74) is 2.05. The van der Waals surface area contributed by atoms with Crippen molar-refractivity contribution in [1.29, 1.82) is 0 Å². The number of rotatable bonds is 4. The van der Waals surface area contributed by atoms with Crippen molar-refractivity contribution in [2.45, 2.75) is 52.1 Å².